The summed E-state index contributed by atoms with van der Waals surface area (Å²) in [6.07, 6.45) is 3.14. The molecule has 1 N–H and O–H groups in total. The molecule has 0 spiro atoms. The Morgan fingerprint density at radius 3 is 2.68 bits per heavy atom. The molecule has 0 radical (unpaired) electrons. The van der Waals surface area contributed by atoms with Gasteiger partial charge in [-0.3, -0.25) is 14.9 Å². The zero-order valence-corrected chi connectivity index (χ0v) is 13.8. The normalized spacial score (nSPS) is 11.1. The number of nitrogens with one attached hydrogen (secondary N) is 1. The standard InChI is InChI=1S/C19H16N2O4/c1-12(22)7-9-15-14-5-3-4-6-17(14)20-19(15)16-10-8-13(25-2)11-18(16)21(23)24/h3-11,20H,1-2H3/b9-7+. The van der Waals surface area contributed by atoms with Gasteiger partial charge in [0.05, 0.1) is 29.4 Å². The molecule has 0 saturated carbocycles. The van der Waals surface area contributed by atoms with Gasteiger partial charge in [0, 0.05) is 16.5 Å². The zero-order valence-electron chi connectivity index (χ0n) is 13.8. The molecule has 0 unspecified atom stereocenters. The van der Waals surface area contributed by atoms with Crippen molar-refractivity contribution in [1.82, 2.24) is 4.98 Å². The van der Waals surface area contributed by atoms with Crippen LogP contribution in [0.2, 0.25) is 0 Å². The average molecular weight is 336 g/mol. The number of hydrogen-bond donors (Lipinski definition) is 1. The molecule has 0 aliphatic carbocycles. The van der Waals surface area contributed by atoms with E-state index in [-0.39, 0.29) is 11.5 Å². The second-order valence-electron chi connectivity index (χ2n) is 5.54. The number of methoxy groups -OCH3 is 1. The summed E-state index contributed by atoms with van der Waals surface area (Å²) in [4.78, 5) is 25.7. The van der Waals surface area contributed by atoms with Gasteiger partial charge in [-0.2, -0.15) is 0 Å². The highest BCUT2D eigenvalue weighted by atomic mass is 16.6. The Balaban J connectivity index is 2.30. The van der Waals surface area contributed by atoms with Crippen LogP contribution in [0.5, 0.6) is 5.75 Å². The lowest BCUT2D eigenvalue weighted by atomic mass is 10.0. The zero-order chi connectivity index (χ0) is 18.0. The van der Waals surface area contributed by atoms with Crippen molar-refractivity contribution in [2.75, 3.05) is 7.11 Å². The maximum atomic E-state index is 11.5. The number of benzene rings is 2. The number of H-pyrrole nitrogens is 1. The van der Waals surface area contributed by atoms with E-state index in [1.807, 2.05) is 24.3 Å². The van der Waals surface area contributed by atoms with Crippen LogP contribution < -0.4 is 4.74 Å². The van der Waals surface area contributed by atoms with Crippen molar-refractivity contribution in [1.29, 1.82) is 0 Å². The van der Waals surface area contributed by atoms with Crippen LogP contribution in [-0.4, -0.2) is 22.8 Å². The molecule has 0 saturated heterocycles. The van der Waals surface area contributed by atoms with E-state index in [1.54, 1.807) is 18.2 Å². The van der Waals surface area contributed by atoms with E-state index in [4.69, 9.17) is 4.74 Å². The molecular weight excluding hydrogens is 320 g/mol. The first kappa shape index (κ1) is 16.4. The van der Waals surface area contributed by atoms with Gasteiger partial charge < -0.3 is 9.72 Å². The predicted octanol–water partition coefficient (Wildman–Crippen LogP) is 4.35. The summed E-state index contributed by atoms with van der Waals surface area (Å²) in [5.41, 5.74) is 2.53. The number of aromatic amines is 1. The number of fused-ring (bicyclic) bond motifs is 1. The van der Waals surface area contributed by atoms with E-state index in [9.17, 15) is 14.9 Å². The number of rotatable bonds is 5. The minimum atomic E-state index is -0.443. The van der Waals surface area contributed by atoms with Crippen molar-refractivity contribution in [3.63, 3.8) is 0 Å². The highest BCUT2D eigenvalue weighted by molar-refractivity contribution is 6.01. The number of ketones is 1. The predicted molar refractivity (Wildman–Crippen MR) is 96.7 cm³/mol. The third kappa shape index (κ3) is 3.14. The molecular formula is C19H16N2O4. The fourth-order valence-electron chi connectivity index (χ4n) is 2.75. The molecule has 126 valence electrons. The number of nitrogens with zero attached hydrogens (tertiary/aromatic N) is 1. The average Bonchev–Trinajstić information content (AvgIpc) is 2.97. The number of carbonyl (C=O) groups is 1. The van der Waals surface area contributed by atoms with E-state index in [2.05, 4.69) is 4.98 Å². The lowest BCUT2D eigenvalue weighted by Crippen LogP contribution is -1.95. The van der Waals surface area contributed by atoms with Crippen molar-refractivity contribution in [2.24, 2.45) is 0 Å². The number of nitro benzene ring substituents is 1. The van der Waals surface area contributed by atoms with E-state index in [1.165, 1.54) is 26.2 Å². The van der Waals surface area contributed by atoms with E-state index < -0.39 is 4.92 Å². The van der Waals surface area contributed by atoms with E-state index >= 15 is 0 Å². The van der Waals surface area contributed by atoms with Crippen molar-refractivity contribution >= 4 is 28.4 Å². The van der Waals surface area contributed by atoms with Gasteiger partial charge in [0.25, 0.3) is 5.69 Å². The van der Waals surface area contributed by atoms with Gasteiger partial charge in [-0.1, -0.05) is 18.2 Å². The smallest absolute Gasteiger partial charge is 0.282 e. The summed E-state index contributed by atoms with van der Waals surface area (Å²) in [5, 5.41) is 12.4. The largest absolute Gasteiger partial charge is 0.497 e. The molecule has 0 fully saturated rings. The summed E-state index contributed by atoms with van der Waals surface area (Å²) in [6.45, 7) is 1.46. The van der Waals surface area contributed by atoms with Crippen molar-refractivity contribution in [3.05, 3.63) is 64.2 Å². The molecule has 3 rings (SSSR count). The molecule has 0 amide bonds. The Hall–Kier alpha value is -3.41. The number of carbonyl (C=O) groups excluding carboxylic acids is 1. The Labute approximate surface area is 143 Å². The van der Waals surface area contributed by atoms with Gasteiger partial charge in [0.15, 0.2) is 5.78 Å². The van der Waals surface area contributed by atoms with E-state index in [0.29, 0.717) is 17.0 Å². The molecule has 0 aliphatic heterocycles. The molecule has 1 aromatic heterocycles. The van der Waals surface area contributed by atoms with Gasteiger partial charge in [-0.05, 0) is 37.3 Å². The van der Waals surface area contributed by atoms with Crippen molar-refractivity contribution in [2.45, 2.75) is 6.92 Å². The first-order valence-electron chi connectivity index (χ1n) is 7.63. The first-order chi connectivity index (χ1) is 12.0. The van der Waals surface area contributed by atoms with Gasteiger partial charge in [-0.15, -0.1) is 0 Å². The summed E-state index contributed by atoms with van der Waals surface area (Å²) in [6, 6.07) is 12.3. The van der Waals surface area contributed by atoms with Crippen LogP contribution in [0.3, 0.4) is 0 Å². The molecule has 0 atom stereocenters. The molecule has 3 aromatic rings. The quantitative estimate of drug-likeness (QED) is 0.426. The maximum absolute atomic E-state index is 11.5. The van der Waals surface area contributed by atoms with Crippen LogP contribution in [0.4, 0.5) is 5.69 Å². The van der Waals surface area contributed by atoms with Gasteiger partial charge in [0.1, 0.15) is 5.75 Å². The fraction of sp³-hybridized carbons (Fsp3) is 0.105. The van der Waals surface area contributed by atoms with Crippen LogP contribution >= 0.6 is 0 Å². The van der Waals surface area contributed by atoms with Gasteiger partial charge in [-0.25, -0.2) is 0 Å². The minimum Gasteiger partial charge on any atom is -0.497 e. The minimum absolute atomic E-state index is 0.0663. The van der Waals surface area contributed by atoms with Crippen LogP contribution in [0.25, 0.3) is 28.2 Å². The van der Waals surface area contributed by atoms with Crippen LogP contribution in [0.15, 0.2) is 48.5 Å². The van der Waals surface area contributed by atoms with Crippen molar-refractivity contribution < 1.29 is 14.5 Å². The highest BCUT2D eigenvalue weighted by Crippen LogP contribution is 2.38. The Morgan fingerprint density at radius 1 is 1.24 bits per heavy atom. The SMILES string of the molecule is COc1ccc(-c2[nH]c3ccccc3c2/C=C/C(C)=O)c([N+](=O)[O-])c1. The molecule has 6 nitrogen and oxygen atoms in total. The Bertz CT molecular complexity index is 1000. The number of hydrogen-bond acceptors (Lipinski definition) is 4. The monoisotopic (exact) mass is 336 g/mol. The third-order valence-electron chi connectivity index (χ3n) is 3.90. The maximum Gasteiger partial charge on any atom is 0.282 e. The Kier molecular flexibility index (Phi) is 4.35. The van der Waals surface area contributed by atoms with Crippen molar-refractivity contribution in [3.8, 4) is 17.0 Å². The molecule has 0 bridgehead atoms. The van der Waals surface area contributed by atoms with Crippen LogP contribution in [0.1, 0.15) is 12.5 Å². The lowest BCUT2D eigenvalue weighted by Gasteiger charge is -2.05. The fourth-order valence-corrected chi connectivity index (χ4v) is 2.75. The Morgan fingerprint density at radius 2 is 2.00 bits per heavy atom. The lowest BCUT2D eigenvalue weighted by molar-refractivity contribution is -0.384. The second kappa shape index (κ2) is 6.60. The number of nitro groups is 1. The van der Waals surface area contributed by atoms with Gasteiger partial charge >= 0.3 is 0 Å². The molecule has 1 heterocycles. The second-order valence-corrected chi connectivity index (χ2v) is 5.54. The number of para-hydroxylation sites is 1. The summed E-state index contributed by atoms with van der Waals surface area (Å²) in [7, 11) is 1.46. The molecule has 25 heavy (non-hydrogen) atoms. The third-order valence-corrected chi connectivity index (χ3v) is 3.90. The topological polar surface area (TPSA) is 85.2 Å². The molecule has 2 aromatic carbocycles. The number of ether oxygens (including phenoxy) is 1. The summed E-state index contributed by atoms with van der Waals surface area (Å²) in [5.74, 6) is 0.313. The van der Waals surface area contributed by atoms with Crippen LogP contribution in [-0.2, 0) is 4.79 Å². The molecule has 6 heteroatoms. The molecule has 0 aliphatic rings. The first-order valence-corrected chi connectivity index (χ1v) is 7.63. The van der Waals surface area contributed by atoms with Gasteiger partial charge in [0.2, 0.25) is 0 Å². The highest BCUT2D eigenvalue weighted by Gasteiger charge is 2.21. The van der Waals surface area contributed by atoms with E-state index in [0.717, 1.165) is 16.5 Å². The van der Waals surface area contributed by atoms with Crippen LogP contribution in [0, 0.1) is 10.1 Å². The number of aromatic nitrogens is 1. The summed E-state index contributed by atoms with van der Waals surface area (Å²) >= 11 is 0. The number of allylic oxidation sites excluding steroid dienone is 1. The summed E-state index contributed by atoms with van der Waals surface area (Å²) < 4.78 is 5.09.